The number of aromatic hydroxyl groups is 2. The van der Waals surface area contributed by atoms with E-state index in [1.54, 1.807) is 65.8 Å². The number of esters is 1. The van der Waals surface area contributed by atoms with Crippen LogP contribution in [-0.2, 0) is 23.8 Å². The van der Waals surface area contributed by atoms with Crippen molar-refractivity contribution in [2.75, 3.05) is 25.5 Å². The number of anilines is 1. The van der Waals surface area contributed by atoms with Crippen LogP contribution in [0.25, 0.3) is 10.8 Å². The van der Waals surface area contributed by atoms with Gasteiger partial charge in [-0.1, -0.05) is 45.9 Å². The maximum Gasteiger partial charge on any atom is 0.312 e. The largest absolute Gasteiger partial charge is 0.507 e. The minimum absolute atomic E-state index is 0.0317. The Morgan fingerprint density at radius 3 is 2.18 bits per heavy atom. The summed E-state index contributed by atoms with van der Waals surface area (Å²) in [6.45, 7) is 20.6. The second-order valence-electron chi connectivity index (χ2n) is 18.4. The maximum absolute atomic E-state index is 14.7. The fraction of sp³-hybridized carbons (Fsp3) is 0.587. The Morgan fingerprint density at radius 1 is 0.934 bits per heavy atom. The van der Waals surface area contributed by atoms with Crippen molar-refractivity contribution in [3.05, 3.63) is 58.0 Å². The number of benzene rings is 2. The van der Waals surface area contributed by atoms with Crippen LogP contribution in [-0.4, -0.2) is 105 Å². The average molecular weight is 847 g/mol. The van der Waals surface area contributed by atoms with Gasteiger partial charge in [-0.15, -0.1) is 0 Å². The summed E-state index contributed by atoms with van der Waals surface area (Å²) in [6.07, 6.45) is 4.97. The Bertz CT molecular complexity index is 2320. The number of rotatable bonds is 2. The molecule has 4 aliphatic rings. The lowest BCUT2D eigenvalue weighted by molar-refractivity contribution is -0.160. The van der Waals surface area contributed by atoms with Crippen molar-refractivity contribution in [2.45, 2.75) is 130 Å². The summed E-state index contributed by atoms with van der Waals surface area (Å²) in [6, 6.07) is 0. The van der Waals surface area contributed by atoms with E-state index in [0.29, 0.717) is 25.9 Å². The Labute approximate surface area is 356 Å². The SMILES string of the molecule is CO[C@H]1/C=C/O[C@@]2(C)Oc3c(C)c(O)c4c(O)c(c5c(c4c3C2=O)=NC2(CCN(C(C)(C)C)CC2)N=5)NC(=O)/C(C)=C\C=C\[C@H](C)[C@H](O)[C@@H](C)[C@@H](O)[C@@H](C)[C@H](OC(C)=O)[C@@H]1C. The number of ketones is 1. The number of likely N-dealkylation sites (tertiary alicyclic amines) is 1. The molecule has 5 N–H and O–H groups in total. The lowest BCUT2D eigenvalue weighted by Crippen LogP contribution is -2.50. The highest BCUT2D eigenvalue weighted by Crippen LogP contribution is 2.50. The number of piperidine rings is 1. The number of phenols is 2. The molecule has 0 aliphatic carbocycles. The van der Waals surface area contributed by atoms with Gasteiger partial charge < -0.3 is 44.7 Å². The number of ether oxygens (including phenoxy) is 4. The molecule has 1 fully saturated rings. The first-order valence-corrected chi connectivity index (χ1v) is 21.1. The standard InChI is InChI=1S/C46H62N4O11/c1-22-14-13-15-23(2)43(57)47-35-34-33(48-46(49-34)17-19-50(20-18-46)44(8,9)10)30-31(39(35)55)38(54)27(6)41-32(30)42(56)45(11,61-41)59-21-16-29(58-12)24(3)40(60-28(7)51)26(5)37(53)25(4)36(22)52/h13-16,21-22,24-26,29,36-37,40,52-55H,17-20H2,1-12H3,(H,47,57)/b14-13+,21-16+,23-15-/t22-,24+,25+,26+,29-,36-,37+,40+,45-/m0/s1. The molecule has 0 aromatic heterocycles. The number of aliphatic hydroxyl groups is 2. The molecule has 2 aromatic rings. The normalized spacial score (nSPS) is 32.9. The summed E-state index contributed by atoms with van der Waals surface area (Å²) in [4.78, 5) is 53.7. The van der Waals surface area contributed by atoms with E-state index in [1.165, 1.54) is 27.2 Å². The molecule has 1 amide bonds. The van der Waals surface area contributed by atoms with Crippen LogP contribution >= 0.6 is 0 Å². The maximum atomic E-state index is 14.7. The number of fused-ring (bicyclic) bond motifs is 1. The van der Waals surface area contributed by atoms with Gasteiger partial charge in [-0.2, -0.15) is 0 Å². The highest BCUT2D eigenvalue weighted by Gasteiger charge is 2.50. The summed E-state index contributed by atoms with van der Waals surface area (Å²) in [5.74, 6) is -6.93. The Morgan fingerprint density at radius 2 is 1.57 bits per heavy atom. The van der Waals surface area contributed by atoms with E-state index in [2.05, 4.69) is 31.0 Å². The van der Waals surface area contributed by atoms with Gasteiger partial charge >= 0.3 is 11.8 Å². The zero-order chi connectivity index (χ0) is 45.1. The number of carbonyl (C=O) groups excluding carboxylic acids is 3. The second kappa shape index (κ2) is 16.8. The van der Waals surface area contributed by atoms with Crippen LogP contribution < -0.4 is 20.8 Å². The van der Waals surface area contributed by atoms with Gasteiger partial charge in [-0.3, -0.25) is 29.3 Å². The quantitative estimate of drug-likeness (QED) is 0.202. The van der Waals surface area contributed by atoms with E-state index < -0.39 is 82.9 Å². The monoisotopic (exact) mass is 846 g/mol. The van der Waals surface area contributed by atoms with Gasteiger partial charge in [-0.25, -0.2) is 0 Å². The number of hydrogen-bond acceptors (Lipinski definition) is 14. The number of methoxy groups -OCH3 is 1. The van der Waals surface area contributed by atoms with Crippen LogP contribution in [0.3, 0.4) is 0 Å². The van der Waals surface area contributed by atoms with Crippen molar-refractivity contribution in [2.24, 2.45) is 33.7 Å². The van der Waals surface area contributed by atoms with E-state index in [0.717, 1.165) is 0 Å². The molecule has 6 rings (SSSR count). The van der Waals surface area contributed by atoms with Crippen LogP contribution in [0.2, 0.25) is 0 Å². The molecule has 2 aromatic carbocycles. The van der Waals surface area contributed by atoms with Crippen molar-refractivity contribution in [3.8, 4) is 17.2 Å². The molecule has 0 saturated carbocycles. The molecule has 15 nitrogen and oxygen atoms in total. The van der Waals surface area contributed by atoms with Crippen molar-refractivity contribution in [3.63, 3.8) is 0 Å². The number of hydrogen-bond donors (Lipinski definition) is 5. The number of Topliss-reactive ketones (excluding diaryl/α,β-unsaturated/α-hetero) is 1. The zero-order valence-electron chi connectivity index (χ0n) is 37.3. The molecule has 332 valence electrons. The summed E-state index contributed by atoms with van der Waals surface area (Å²) in [5, 5.41) is 50.2. The number of nitrogens with zero attached hydrogens (tertiary/aromatic N) is 3. The molecule has 1 saturated heterocycles. The number of aliphatic hydroxyl groups excluding tert-OH is 2. The molecule has 15 heteroatoms. The Kier molecular flexibility index (Phi) is 12.6. The first kappa shape index (κ1) is 45.7. The van der Waals surface area contributed by atoms with E-state index in [-0.39, 0.29) is 60.9 Å². The number of carbonyl (C=O) groups is 3. The predicted molar refractivity (Wildman–Crippen MR) is 228 cm³/mol. The van der Waals surface area contributed by atoms with Crippen molar-refractivity contribution in [1.82, 2.24) is 4.90 Å². The minimum Gasteiger partial charge on any atom is -0.507 e. The van der Waals surface area contributed by atoms with Gasteiger partial charge in [-0.05, 0) is 40.7 Å². The van der Waals surface area contributed by atoms with Crippen molar-refractivity contribution >= 4 is 34.1 Å². The number of nitrogens with one attached hydrogen (secondary N) is 1. The topological polar surface area (TPSA) is 209 Å². The van der Waals surface area contributed by atoms with Crippen LogP contribution in [0, 0.1) is 30.6 Å². The minimum atomic E-state index is -1.96. The van der Waals surface area contributed by atoms with Gasteiger partial charge in [0, 0.05) is 92.6 Å². The zero-order valence-corrected chi connectivity index (χ0v) is 37.3. The highest BCUT2D eigenvalue weighted by molar-refractivity contribution is 6.19. The molecular weight excluding hydrogens is 785 g/mol. The Hall–Kier alpha value is -4.83. The molecule has 1 spiro atoms. The van der Waals surface area contributed by atoms with E-state index in [1.807, 2.05) is 0 Å². The van der Waals surface area contributed by atoms with Crippen LogP contribution in [0.15, 0.2) is 46.1 Å². The summed E-state index contributed by atoms with van der Waals surface area (Å²) in [5.41, 5.74) is -0.708. The molecule has 0 radical (unpaired) electrons. The molecule has 4 bridgehead atoms. The van der Waals surface area contributed by atoms with E-state index >= 15 is 0 Å². The molecule has 61 heavy (non-hydrogen) atoms. The van der Waals surface area contributed by atoms with Gasteiger partial charge in [0.15, 0.2) is 11.4 Å². The molecule has 0 unspecified atom stereocenters. The predicted octanol–water partition coefficient (Wildman–Crippen LogP) is 4.89. The second-order valence-corrected chi connectivity index (χ2v) is 18.4. The Balaban J connectivity index is 1.55. The fourth-order valence-electron chi connectivity index (χ4n) is 9.13. The summed E-state index contributed by atoms with van der Waals surface area (Å²) in [7, 11) is 1.47. The van der Waals surface area contributed by atoms with Gasteiger partial charge in [0.2, 0.25) is 0 Å². The van der Waals surface area contributed by atoms with Gasteiger partial charge in [0.25, 0.3) is 11.7 Å². The molecule has 4 aliphatic heterocycles. The first-order valence-electron chi connectivity index (χ1n) is 21.1. The number of allylic oxidation sites excluding steroid dienone is 2. The average Bonchev–Trinajstić information content (AvgIpc) is 3.70. The smallest absolute Gasteiger partial charge is 0.312 e. The molecule has 9 atom stereocenters. The van der Waals surface area contributed by atoms with Crippen LogP contribution in [0.5, 0.6) is 17.2 Å². The fourth-order valence-corrected chi connectivity index (χ4v) is 9.13. The summed E-state index contributed by atoms with van der Waals surface area (Å²) >= 11 is 0. The van der Waals surface area contributed by atoms with E-state index in [9.17, 15) is 34.8 Å². The van der Waals surface area contributed by atoms with Crippen LogP contribution in [0.1, 0.15) is 98.0 Å². The van der Waals surface area contributed by atoms with Gasteiger partial charge in [0.1, 0.15) is 28.6 Å². The third kappa shape index (κ3) is 8.29. The third-order valence-corrected chi connectivity index (χ3v) is 13.1. The summed E-state index contributed by atoms with van der Waals surface area (Å²) < 4.78 is 24.0. The number of phenolic OH excluding ortho intramolecular Hbond substituents is 2. The van der Waals surface area contributed by atoms with E-state index in [4.69, 9.17) is 28.9 Å². The third-order valence-electron chi connectivity index (χ3n) is 13.1. The lowest BCUT2D eigenvalue weighted by atomic mass is 9.78. The molecule has 4 heterocycles. The van der Waals surface area contributed by atoms with Crippen molar-refractivity contribution < 1.29 is 53.8 Å². The van der Waals surface area contributed by atoms with Gasteiger partial charge in [0.05, 0.1) is 40.9 Å². The first-order chi connectivity index (χ1) is 28.5. The van der Waals surface area contributed by atoms with Crippen LogP contribution in [0.4, 0.5) is 5.69 Å². The molecular formula is C46H62N4O11. The van der Waals surface area contributed by atoms with Crippen molar-refractivity contribution in [1.29, 1.82) is 0 Å². The number of amides is 1. The highest BCUT2D eigenvalue weighted by atomic mass is 16.7. The lowest BCUT2D eigenvalue weighted by Gasteiger charge is -2.42.